The first-order chi connectivity index (χ1) is 17.3. The van der Waals surface area contributed by atoms with Gasteiger partial charge in [0, 0.05) is 30.7 Å². The Labute approximate surface area is 217 Å². The van der Waals surface area contributed by atoms with Crippen LogP contribution < -0.4 is 0 Å². The Morgan fingerprint density at radius 3 is 2.58 bits per heavy atom. The minimum absolute atomic E-state index is 0.0464. The van der Waals surface area contributed by atoms with Gasteiger partial charge in [-0.2, -0.15) is 0 Å². The second-order valence-electron chi connectivity index (χ2n) is 10.4. The largest absolute Gasteiger partial charge is 0.462 e. The Bertz CT molecular complexity index is 868. The van der Waals surface area contributed by atoms with E-state index in [0.717, 1.165) is 50.4 Å². The third-order valence-corrected chi connectivity index (χ3v) is 6.89. The molecule has 198 valence electrons. The monoisotopic (exact) mass is 496 g/mol. The highest BCUT2D eigenvalue weighted by atomic mass is 16.5. The van der Waals surface area contributed by atoms with Gasteiger partial charge in [-0.15, -0.1) is 0 Å². The molecule has 36 heavy (non-hydrogen) atoms. The van der Waals surface area contributed by atoms with Crippen molar-refractivity contribution < 1.29 is 23.9 Å². The first-order valence-corrected chi connectivity index (χ1v) is 13.7. The van der Waals surface area contributed by atoms with Crippen LogP contribution in [-0.4, -0.2) is 36.4 Å². The molecule has 5 nitrogen and oxygen atoms in total. The minimum Gasteiger partial charge on any atom is -0.462 e. The summed E-state index contributed by atoms with van der Waals surface area (Å²) >= 11 is 0. The maximum atomic E-state index is 12.7. The SMILES string of the molecule is CCC[C@H](CC(=O)C[C@@H](C)C#Cc1ccccc1)OC(=O)[C@@H](C)CCCC[C@@H]1O[C@@H](CC=O)C[C@@H]1C. The predicted octanol–water partition coefficient (Wildman–Crippen LogP) is 6.31. The topological polar surface area (TPSA) is 69.7 Å². The molecule has 1 aliphatic rings. The Kier molecular flexibility index (Phi) is 13.5. The van der Waals surface area contributed by atoms with E-state index in [0.29, 0.717) is 25.2 Å². The van der Waals surface area contributed by atoms with Crippen LogP contribution in [-0.2, 0) is 23.9 Å². The van der Waals surface area contributed by atoms with Gasteiger partial charge in [0.15, 0.2) is 0 Å². The summed E-state index contributed by atoms with van der Waals surface area (Å²) in [7, 11) is 0. The van der Waals surface area contributed by atoms with Crippen LogP contribution in [0.15, 0.2) is 30.3 Å². The second kappa shape index (κ2) is 16.3. The normalized spacial score (nSPS) is 21.6. The molecule has 0 aromatic heterocycles. The lowest BCUT2D eigenvalue weighted by molar-refractivity contribution is -0.155. The van der Waals surface area contributed by atoms with Gasteiger partial charge in [-0.3, -0.25) is 9.59 Å². The number of benzene rings is 1. The van der Waals surface area contributed by atoms with Gasteiger partial charge < -0.3 is 14.3 Å². The van der Waals surface area contributed by atoms with Gasteiger partial charge in [0.25, 0.3) is 0 Å². The lowest BCUT2D eigenvalue weighted by Crippen LogP contribution is -2.25. The maximum Gasteiger partial charge on any atom is 0.308 e. The number of aldehydes is 1. The van der Waals surface area contributed by atoms with Crippen LogP contribution in [0.5, 0.6) is 0 Å². The summed E-state index contributed by atoms with van der Waals surface area (Å²) in [5.74, 6) is 6.37. The zero-order chi connectivity index (χ0) is 26.3. The number of Topliss-reactive ketones (excluding diaryl/α,β-unsaturated/α-hetero) is 1. The molecule has 1 aromatic carbocycles. The third kappa shape index (κ3) is 11.1. The number of hydrogen-bond donors (Lipinski definition) is 0. The van der Waals surface area contributed by atoms with Crippen LogP contribution in [0.2, 0.25) is 0 Å². The van der Waals surface area contributed by atoms with Crippen molar-refractivity contribution in [1.82, 2.24) is 0 Å². The van der Waals surface area contributed by atoms with Crippen LogP contribution in [0, 0.1) is 29.6 Å². The van der Waals surface area contributed by atoms with Gasteiger partial charge in [-0.1, -0.05) is 77.0 Å². The van der Waals surface area contributed by atoms with Crippen molar-refractivity contribution in [3.8, 4) is 11.8 Å². The molecule has 1 saturated heterocycles. The predicted molar refractivity (Wildman–Crippen MR) is 142 cm³/mol. The summed E-state index contributed by atoms with van der Waals surface area (Å²) in [4.78, 5) is 36.1. The molecule has 0 bridgehead atoms. The van der Waals surface area contributed by atoms with Crippen LogP contribution in [0.3, 0.4) is 0 Å². The number of esters is 1. The molecule has 5 heteroatoms. The van der Waals surface area contributed by atoms with Crippen molar-refractivity contribution in [2.24, 2.45) is 17.8 Å². The van der Waals surface area contributed by atoms with E-state index in [1.165, 1.54) is 0 Å². The highest BCUT2D eigenvalue weighted by molar-refractivity contribution is 5.80. The molecule has 0 N–H and O–H groups in total. The molecule has 0 unspecified atom stereocenters. The number of ether oxygens (including phenoxy) is 2. The smallest absolute Gasteiger partial charge is 0.308 e. The van der Waals surface area contributed by atoms with Gasteiger partial charge in [-0.05, 0) is 43.7 Å². The summed E-state index contributed by atoms with van der Waals surface area (Å²) in [6.45, 7) is 8.08. The van der Waals surface area contributed by atoms with Crippen LogP contribution in [0.1, 0.15) is 97.5 Å². The van der Waals surface area contributed by atoms with E-state index in [4.69, 9.17) is 9.47 Å². The molecule has 0 spiro atoms. The molecule has 0 saturated carbocycles. The maximum absolute atomic E-state index is 12.7. The lowest BCUT2D eigenvalue weighted by atomic mass is 9.95. The second-order valence-corrected chi connectivity index (χ2v) is 10.4. The van der Waals surface area contributed by atoms with E-state index in [9.17, 15) is 14.4 Å². The third-order valence-electron chi connectivity index (χ3n) is 6.89. The highest BCUT2D eigenvalue weighted by Crippen LogP contribution is 2.31. The van der Waals surface area contributed by atoms with Crippen molar-refractivity contribution in [2.45, 2.75) is 110 Å². The van der Waals surface area contributed by atoms with Gasteiger partial charge in [0.05, 0.1) is 18.1 Å². The summed E-state index contributed by atoms with van der Waals surface area (Å²) < 4.78 is 11.8. The van der Waals surface area contributed by atoms with Crippen molar-refractivity contribution in [1.29, 1.82) is 0 Å². The fraction of sp³-hybridized carbons (Fsp3) is 0.645. The number of unbranched alkanes of at least 4 members (excludes halogenated alkanes) is 1. The van der Waals surface area contributed by atoms with E-state index in [1.807, 2.05) is 51.1 Å². The Balaban J connectivity index is 1.71. The first-order valence-electron chi connectivity index (χ1n) is 13.7. The van der Waals surface area contributed by atoms with Gasteiger partial charge in [-0.25, -0.2) is 0 Å². The molecule has 1 heterocycles. The number of hydrogen-bond acceptors (Lipinski definition) is 5. The summed E-state index contributed by atoms with van der Waals surface area (Å²) in [5.41, 5.74) is 0.941. The summed E-state index contributed by atoms with van der Waals surface area (Å²) in [6, 6.07) is 9.75. The van der Waals surface area contributed by atoms with Crippen molar-refractivity contribution >= 4 is 18.0 Å². The van der Waals surface area contributed by atoms with E-state index in [2.05, 4.69) is 18.8 Å². The zero-order valence-corrected chi connectivity index (χ0v) is 22.5. The quantitative estimate of drug-likeness (QED) is 0.123. The molecule has 0 amide bonds. The number of rotatable bonds is 15. The van der Waals surface area contributed by atoms with E-state index in [1.54, 1.807) is 0 Å². The Morgan fingerprint density at radius 2 is 1.89 bits per heavy atom. The van der Waals surface area contributed by atoms with E-state index >= 15 is 0 Å². The van der Waals surface area contributed by atoms with Crippen molar-refractivity contribution in [2.75, 3.05) is 0 Å². The molecular weight excluding hydrogens is 452 g/mol. The first kappa shape index (κ1) is 29.8. The fourth-order valence-corrected chi connectivity index (χ4v) is 4.79. The standard InChI is InChI=1S/C31H44O5/c1-5-11-28(22-27(33)20-23(2)16-17-26-13-7-6-8-14-26)36-31(34)24(3)12-9-10-15-30-25(4)21-29(35-30)18-19-32/h6-8,13-14,19,23-25,28-30H,5,9-12,15,18,20-22H2,1-4H3/t23-,24-,25-,28+,29-,30-/m0/s1. The average Bonchev–Trinajstić information content (AvgIpc) is 3.20. The molecule has 1 aromatic rings. The number of carbonyl (C=O) groups is 3. The molecule has 1 aliphatic heterocycles. The van der Waals surface area contributed by atoms with Crippen molar-refractivity contribution in [3.05, 3.63) is 35.9 Å². The Morgan fingerprint density at radius 1 is 1.14 bits per heavy atom. The molecule has 2 rings (SSSR count). The van der Waals surface area contributed by atoms with Gasteiger partial charge in [0.2, 0.25) is 0 Å². The van der Waals surface area contributed by atoms with Gasteiger partial charge in [0.1, 0.15) is 18.2 Å². The summed E-state index contributed by atoms with van der Waals surface area (Å²) in [5, 5.41) is 0. The molecule has 0 radical (unpaired) electrons. The Hall–Kier alpha value is -2.45. The van der Waals surface area contributed by atoms with Crippen LogP contribution >= 0.6 is 0 Å². The average molecular weight is 497 g/mol. The fourth-order valence-electron chi connectivity index (χ4n) is 4.79. The highest BCUT2D eigenvalue weighted by Gasteiger charge is 2.31. The van der Waals surface area contributed by atoms with E-state index in [-0.39, 0.29) is 48.3 Å². The van der Waals surface area contributed by atoms with E-state index < -0.39 is 0 Å². The molecule has 6 atom stereocenters. The summed E-state index contributed by atoms with van der Waals surface area (Å²) in [6.07, 6.45) is 8.05. The molecule has 1 fully saturated rings. The number of carbonyl (C=O) groups excluding carboxylic acids is 3. The number of ketones is 1. The molecular formula is C31H44O5. The van der Waals surface area contributed by atoms with Gasteiger partial charge >= 0.3 is 5.97 Å². The molecule has 0 aliphatic carbocycles. The lowest BCUT2D eigenvalue weighted by Gasteiger charge is -2.20. The van der Waals surface area contributed by atoms with Crippen LogP contribution in [0.25, 0.3) is 0 Å². The van der Waals surface area contributed by atoms with Crippen molar-refractivity contribution in [3.63, 3.8) is 0 Å². The van der Waals surface area contributed by atoms with Crippen LogP contribution in [0.4, 0.5) is 0 Å². The zero-order valence-electron chi connectivity index (χ0n) is 22.5. The minimum atomic E-state index is -0.366.